The molecule has 0 aliphatic carbocycles. The summed E-state index contributed by atoms with van der Waals surface area (Å²) < 4.78 is 14.6. The van der Waals surface area contributed by atoms with Crippen molar-refractivity contribution in [2.75, 3.05) is 11.9 Å². The van der Waals surface area contributed by atoms with Crippen LogP contribution < -0.4 is 5.32 Å². The van der Waals surface area contributed by atoms with Crippen LogP contribution in [-0.2, 0) is 9.59 Å². The predicted octanol–water partition coefficient (Wildman–Crippen LogP) is 4.44. The van der Waals surface area contributed by atoms with E-state index in [2.05, 4.69) is 16.4 Å². The zero-order valence-electron chi connectivity index (χ0n) is 18.8. The van der Waals surface area contributed by atoms with Crippen molar-refractivity contribution in [2.45, 2.75) is 32.7 Å². The van der Waals surface area contributed by atoms with E-state index in [4.69, 9.17) is 0 Å². The highest BCUT2D eigenvalue weighted by atomic mass is 19.1. The van der Waals surface area contributed by atoms with Gasteiger partial charge in [-0.3, -0.25) is 14.4 Å². The van der Waals surface area contributed by atoms with Gasteiger partial charge >= 0.3 is 0 Å². The lowest BCUT2D eigenvalue weighted by Gasteiger charge is -2.34. The fraction of sp³-hybridized carbons (Fsp3) is 0.231. The molecule has 0 saturated carbocycles. The Balaban J connectivity index is 1.59. The first-order chi connectivity index (χ1) is 16.3. The van der Waals surface area contributed by atoms with E-state index in [0.717, 1.165) is 17.2 Å². The number of likely N-dealkylation sites (tertiary alicyclic amines) is 1. The van der Waals surface area contributed by atoms with Crippen molar-refractivity contribution in [3.05, 3.63) is 71.2 Å². The molecule has 1 aliphatic heterocycles. The number of halogens is 1. The third kappa shape index (κ3) is 4.20. The van der Waals surface area contributed by atoms with Gasteiger partial charge in [-0.25, -0.2) is 4.39 Å². The van der Waals surface area contributed by atoms with Crippen LogP contribution in [-0.4, -0.2) is 40.1 Å². The monoisotopic (exact) mass is 458 g/mol. The fourth-order valence-corrected chi connectivity index (χ4v) is 4.45. The molecule has 4 rings (SSSR count). The second-order valence-electron chi connectivity index (χ2n) is 8.32. The third-order valence-corrected chi connectivity index (χ3v) is 6.05. The molecule has 1 atom stereocenters. The normalized spacial score (nSPS) is 17.2. The van der Waals surface area contributed by atoms with Gasteiger partial charge in [0, 0.05) is 31.1 Å². The highest BCUT2D eigenvalue weighted by molar-refractivity contribution is 6.45. The molecular formula is C26H23FN4O3. The van der Waals surface area contributed by atoms with Crippen LogP contribution in [0.3, 0.4) is 0 Å². The topological polar surface area (TPSA) is 106 Å². The minimum Gasteiger partial charge on any atom is -0.359 e. The number of amides is 2. The maximum Gasteiger partial charge on any atom is 0.295 e. The maximum absolute atomic E-state index is 14.6. The number of anilines is 1. The van der Waals surface area contributed by atoms with E-state index in [0.29, 0.717) is 24.1 Å². The van der Waals surface area contributed by atoms with Crippen LogP contribution in [0.1, 0.15) is 42.6 Å². The van der Waals surface area contributed by atoms with E-state index in [-0.39, 0.29) is 35.0 Å². The molecule has 2 aromatic carbocycles. The lowest BCUT2D eigenvalue weighted by Crippen LogP contribution is -2.46. The number of piperidine rings is 1. The third-order valence-electron chi connectivity index (χ3n) is 6.05. The van der Waals surface area contributed by atoms with Gasteiger partial charge in [0.25, 0.3) is 11.7 Å². The first-order valence-electron chi connectivity index (χ1n) is 10.9. The summed E-state index contributed by atoms with van der Waals surface area (Å²) in [7, 11) is 0. The number of aromatic nitrogens is 1. The number of hydrogen-bond acceptors (Lipinski definition) is 4. The van der Waals surface area contributed by atoms with E-state index in [1.54, 1.807) is 0 Å². The molecule has 172 valence electrons. The number of rotatable bonds is 4. The van der Waals surface area contributed by atoms with Crippen LogP contribution in [0, 0.1) is 17.1 Å². The Kier molecular flexibility index (Phi) is 6.28. The number of nitrogens with zero attached hydrogens (tertiary/aromatic N) is 2. The molecular weight excluding hydrogens is 435 g/mol. The van der Waals surface area contributed by atoms with Crippen LogP contribution in [0.4, 0.5) is 10.1 Å². The minimum absolute atomic E-state index is 0.0364. The summed E-state index contributed by atoms with van der Waals surface area (Å²) in [4.78, 5) is 42.0. The first-order valence-corrected chi connectivity index (χ1v) is 10.9. The number of fused-ring (bicyclic) bond motifs is 1. The summed E-state index contributed by atoms with van der Waals surface area (Å²) in [5.41, 5.74) is 2.84. The molecule has 7 nitrogen and oxygen atoms in total. The van der Waals surface area contributed by atoms with Crippen molar-refractivity contribution in [1.82, 2.24) is 9.88 Å². The Morgan fingerprint density at radius 2 is 1.91 bits per heavy atom. The molecule has 2 amide bonds. The molecule has 0 radical (unpaired) electrons. The van der Waals surface area contributed by atoms with Crippen LogP contribution >= 0.6 is 0 Å². The lowest BCUT2D eigenvalue weighted by atomic mass is 9.90. The summed E-state index contributed by atoms with van der Waals surface area (Å²) in [5.74, 6) is -2.56. The molecule has 0 bridgehead atoms. The number of carbonyl (C=O) groups excluding carboxylic acids is 3. The number of ketones is 1. The smallest absolute Gasteiger partial charge is 0.295 e. The van der Waals surface area contributed by atoms with Crippen molar-refractivity contribution in [2.24, 2.45) is 0 Å². The van der Waals surface area contributed by atoms with E-state index >= 15 is 0 Å². The molecule has 8 heteroatoms. The average molecular weight is 458 g/mol. The number of hydrogen-bond donors (Lipinski definition) is 2. The molecule has 2 N–H and O–H groups in total. The van der Waals surface area contributed by atoms with Crippen molar-refractivity contribution >= 4 is 39.8 Å². The van der Waals surface area contributed by atoms with Gasteiger partial charge in [0.1, 0.15) is 5.82 Å². The van der Waals surface area contributed by atoms with Crippen LogP contribution in [0.2, 0.25) is 0 Å². The number of nitriles is 1. The molecule has 1 fully saturated rings. The minimum atomic E-state index is -0.826. The Morgan fingerprint density at radius 3 is 2.56 bits per heavy atom. The van der Waals surface area contributed by atoms with E-state index in [1.807, 2.05) is 37.3 Å². The molecule has 2 heterocycles. The highest BCUT2D eigenvalue weighted by Crippen LogP contribution is 2.32. The first kappa shape index (κ1) is 22.9. The summed E-state index contributed by atoms with van der Waals surface area (Å²) >= 11 is 0. The summed E-state index contributed by atoms with van der Waals surface area (Å²) in [6.07, 6.45) is 2.23. The SMILES string of the molecule is CC(=O)Nc1ccc(F)c2c(C(=O)C(=O)N3CC/C(=C(\C#N)c4ccccc4)CC3C)c[nH]c12. The maximum atomic E-state index is 14.6. The largest absolute Gasteiger partial charge is 0.359 e. The number of Topliss-reactive ketones (excluding diaryl/α,β-unsaturated/α-hetero) is 1. The second kappa shape index (κ2) is 9.32. The number of H-pyrrole nitrogens is 1. The van der Waals surface area contributed by atoms with Gasteiger partial charge in [0.15, 0.2) is 0 Å². The van der Waals surface area contributed by atoms with Crippen molar-refractivity contribution in [3.63, 3.8) is 0 Å². The highest BCUT2D eigenvalue weighted by Gasteiger charge is 2.33. The van der Waals surface area contributed by atoms with Gasteiger partial charge in [-0.1, -0.05) is 30.3 Å². The van der Waals surface area contributed by atoms with Gasteiger partial charge in [-0.05, 0) is 43.0 Å². The molecule has 1 unspecified atom stereocenters. The van der Waals surface area contributed by atoms with Crippen molar-refractivity contribution in [1.29, 1.82) is 5.26 Å². The Morgan fingerprint density at radius 1 is 1.18 bits per heavy atom. The number of aromatic amines is 1. The number of benzene rings is 2. The Bertz CT molecular complexity index is 1370. The Hall–Kier alpha value is -4.25. The molecule has 1 aromatic heterocycles. The van der Waals surface area contributed by atoms with Gasteiger partial charge in [-0.2, -0.15) is 5.26 Å². The second-order valence-corrected chi connectivity index (χ2v) is 8.32. The molecule has 1 saturated heterocycles. The van der Waals surface area contributed by atoms with Crippen LogP contribution in [0.15, 0.2) is 54.2 Å². The van der Waals surface area contributed by atoms with E-state index in [9.17, 15) is 24.0 Å². The quantitative estimate of drug-likeness (QED) is 0.343. The van der Waals surface area contributed by atoms with Crippen LogP contribution in [0.5, 0.6) is 0 Å². The summed E-state index contributed by atoms with van der Waals surface area (Å²) in [6, 6.07) is 13.9. The fourth-order valence-electron chi connectivity index (χ4n) is 4.45. The molecule has 1 aliphatic rings. The van der Waals surface area contributed by atoms with Gasteiger partial charge in [0.2, 0.25) is 5.91 Å². The standard InChI is InChI=1S/C26H23FN4O3/c1-15-12-18(19(13-28)17-6-4-3-5-7-17)10-11-31(15)26(34)25(33)20-14-29-24-22(30-16(2)32)9-8-21(27)23(20)24/h3-9,14-15,29H,10-12H2,1-2H3,(H,30,32)/b19-18-. The van der Waals surface area contributed by atoms with E-state index in [1.165, 1.54) is 24.1 Å². The van der Waals surface area contributed by atoms with E-state index < -0.39 is 17.5 Å². The zero-order valence-corrected chi connectivity index (χ0v) is 18.8. The number of nitrogens with one attached hydrogen (secondary N) is 2. The molecule has 0 spiro atoms. The van der Waals surface area contributed by atoms with Gasteiger partial charge in [0.05, 0.1) is 28.4 Å². The van der Waals surface area contributed by atoms with Crippen molar-refractivity contribution in [3.8, 4) is 6.07 Å². The molecule has 3 aromatic rings. The van der Waals surface area contributed by atoms with Crippen LogP contribution in [0.25, 0.3) is 16.5 Å². The zero-order chi connectivity index (χ0) is 24.4. The summed E-state index contributed by atoms with van der Waals surface area (Å²) in [6.45, 7) is 3.43. The predicted molar refractivity (Wildman–Crippen MR) is 126 cm³/mol. The number of carbonyl (C=O) groups is 3. The lowest BCUT2D eigenvalue weighted by molar-refractivity contribution is -0.128. The number of allylic oxidation sites excluding steroid dienone is 1. The average Bonchev–Trinajstić information content (AvgIpc) is 3.27. The Labute approximate surface area is 195 Å². The van der Waals surface area contributed by atoms with Gasteiger partial charge in [-0.15, -0.1) is 0 Å². The molecule has 34 heavy (non-hydrogen) atoms. The summed E-state index contributed by atoms with van der Waals surface area (Å²) in [5, 5.41) is 12.3. The van der Waals surface area contributed by atoms with Crippen molar-refractivity contribution < 1.29 is 18.8 Å². The van der Waals surface area contributed by atoms with Gasteiger partial charge < -0.3 is 15.2 Å².